The second-order valence-corrected chi connectivity index (χ2v) is 4.07. The number of hydrogen-bond donors (Lipinski definition) is 1. The zero-order valence-electron chi connectivity index (χ0n) is 9.43. The zero-order chi connectivity index (χ0) is 11.4. The van der Waals surface area contributed by atoms with Crippen LogP contribution in [0.5, 0.6) is 0 Å². The molecule has 1 aliphatic rings. The van der Waals surface area contributed by atoms with Crippen molar-refractivity contribution in [1.29, 1.82) is 0 Å². The molecule has 1 aromatic heterocycles. The first-order chi connectivity index (χ1) is 7.78. The van der Waals surface area contributed by atoms with Crippen molar-refractivity contribution >= 4 is 0 Å². The monoisotopic (exact) mass is 227 g/mol. The molecule has 2 rings (SSSR count). The number of piperidine rings is 1. The predicted octanol–water partition coefficient (Wildman–Crippen LogP) is 0.173. The first-order valence-electron chi connectivity index (χ1n) is 5.48. The van der Waals surface area contributed by atoms with Crippen molar-refractivity contribution in [2.75, 3.05) is 20.2 Å². The number of β-amino-alcohol motifs (C(OH)–C–C–N with tert-alkyl or cyclic N) is 1. The summed E-state index contributed by atoms with van der Waals surface area (Å²) in [4.78, 5) is 6.33. The molecule has 2 heterocycles. The van der Waals surface area contributed by atoms with Gasteiger partial charge in [-0.1, -0.05) is 5.16 Å². The maximum Gasteiger partial charge on any atom is 0.252 e. The largest absolute Gasteiger partial charge is 0.392 e. The minimum atomic E-state index is -0.223. The van der Waals surface area contributed by atoms with Gasteiger partial charge in [0.25, 0.3) is 5.89 Å². The molecule has 1 N–H and O–H groups in total. The molecule has 1 saturated heterocycles. The fourth-order valence-electron chi connectivity index (χ4n) is 1.91. The van der Waals surface area contributed by atoms with Gasteiger partial charge in [0.05, 0.1) is 12.6 Å². The molecule has 0 spiro atoms. The summed E-state index contributed by atoms with van der Waals surface area (Å²) in [6.07, 6.45) is 1.68. The Bertz CT molecular complexity index is 329. The van der Waals surface area contributed by atoms with Crippen LogP contribution in [0.25, 0.3) is 0 Å². The lowest BCUT2D eigenvalue weighted by Crippen LogP contribution is -2.37. The van der Waals surface area contributed by atoms with Crippen molar-refractivity contribution in [2.24, 2.45) is 0 Å². The highest BCUT2D eigenvalue weighted by Crippen LogP contribution is 2.12. The van der Waals surface area contributed by atoms with Gasteiger partial charge in [-0.2, -0.15) is 4.98 Å². The fourth-order valence-corrected chi connectivity index (χ4v) is 1.91. The van der Waals surface area contributed by atoms with Crippen molar-refractivity contribution in [3.63, 3.8) is 0 Å². The third kappa shape index (κ3) is 3.01. The Morgan fingerprint density at radius 3 is 3.25 bits per heavy atom. The number of likely N-dealkylation sites (tertiary alicyclic amines) is 1. The summed E-state index contributed by atoms with van der Waals surface area (Å²) >= 11 is 0. The first-order valence-corrected chi connectivity index (χ1v) is 5.48. The Morgan fingerprint density at radius 1 is 1.62 bits per heavy atom. The van der Waals surface area contributed by atoms with Crippen LogP contribution in [0.4, 0.5) is 0 Å². The number of ether oxygens (including phenoxy) is 1. The highest BCUT2D eigenvalue weighted by Gasteiger charge is 2.19. The molecule has 1 unspecified atom stereocenters. The number of aromatic nitrogens is 2. The van der Waals surface area contributed by atoms with E-state index in [-0.39, 0.29) is 6.10 Å². The number of hydrogen-bond acceptors (Lipinski definition) is 6. The lowest BCUT2D eigenvalue weighted by Gasteiger charge is -2.28. The maximum absolute atomic E-state index is 9.52. The number of rotatable bonds is 4. The molecule has 6 nitrogen and oxygen atoms in total. The van der Waals surface area contributed by atoms with Gasteiger partial charge in [0.2, 0.25) is 0 Å². The van der Waals surface area contributed by atoms with E-state index >= 15 is 0 Å². The summed E-state index contributed by atoms with van der Waals surface area (Å²) in [6, 6.07) is 0. The van der Waals surface area contributed by atoms with Crippen molar-refractivity contribution in [1.82, 2.24) is 15.0 Å². The molecular formula is C10H17N3O3. The summed E-state index contributed by atoms with van der Waals surface area (Å²) in [6.45, 7) is 2.64. The van der Waals surface area contributed by atoms with Gasteiger partial charge < -0.3 is 14.4 Å². The molecule has 0 bridgehead atoms. The Hall–Kier alpha value is -0.980. The topological polar surface area (TPSA) is 71.6 Å². The third-order valence-electron chi connectivity index (χ3n) is 2.62. The molecule has 1 aromatic rings. The summed E-state index contributed by atoms with van der Waals surface area (Å²) in [5.41, 5.74) is 0. The molecule has 0 saturated carbocycles. The first kappa shape index (κ1) is 11.5. The Kier molecular flexibility index (Phi) is 3.87. The average Bonchev–Trinajstić information content (AvgIpc) is 2.66. The number of aliphatic hydroxyl groups excluding tert-OH is 1. The van der Waals surface area contributed by atoms with E-state index in [4.69, 9.17) is 9.26 Å². The average molecular weight is 227 g/mol. The van der Waals surface area contributed by atoms with Crippen LogP contribution in [0, 0.1) is 0 Å². The molecule has 1 atom stereocenters. The number of nitrogens with zero attached hydrogens (tertiary/aromatic N) is 3. The SMILES string of the molecule is COCc1nc(CN2CCCC(O)C2)no1. The molecule has 6 heteroatoms. The van der Waals surface area contributed by atoms with Crippen LogP contribution >= 0.6 is 0 Å². The maximum atomic E-state index is 9.52. The molecular weight excluding hydrogens is 210 g/mol. The highest BCUT2D eigenvalue weighted by molar-refractivity contribution is 4.86. The predicted molar refractivity (Wildman–Crippen MR) is 55.5 cm³/mol. The van der Waals surface area contributed by atoms with Crippen LogP contribution < -0.4 is 0 Å². The van der Waals surface area contributed by atoms with E-state index in [1.165, 1.54) is 0 Å². The van der Waals surface area contributed by atoms with E-state index < -0.39 is 0 Å². The van der Waals surface area contributed by atoms with Crippen LogP contribution in [0.2, 0.25) is 0 Å². The van der Waals surface area contributed by atoms with Crippen molar-refractivity contribution in [2.45, 2.75) is 32.1 Å². The summed E-state index contributed by atoms with van der Waals surface area (Å²) < 4.78 is 9.90. The second kappa shape index (κ2) is 5.38. The van der Waals surface area contributed by atoms with E-state index in [9.17, 15) is 5.11 Å². The van der Waals surface area contributed by atoms with Gasteiger partial charge in [-0.15, -0.1) is 0 Å². The molecule has 16 heavy (non-hydrogen) atoms. The van der Waals surface area contributed by atoms with Gasteiger partial charge >= 0.3 is 0 Å². The van der Waals surface area contributed by atoms with Crippen molar-refractivity contribution in [3.8, 4) is 0 Å². The Morgan fingerprint density at radius 2 is 2.50 bits per heavy atom. The van der Waals surface area contributed by atoms with E-state index in [0.717, 1.165) is 19.4 Å². The normalized spacial score (nSPS) is 22.5. The van der Waals surface area contributed by atoms with Crippen LogP contribution in [0.1, 0.15) is 24.6 Å². The number of methoxy groups -OCH3 is 1. The van der Waals surface area contributed by atoms with Gasteiger partial charge in [-0.25, -0.2) is 0 Å². The molecule has 1 fully saturated rings. The minimum absolute atomic E-state index is 0.223. The van der Waals surface area contributed by atoms with E-state index in [2.05, 4.69) is 15.0 Å². The smallest absolute Gasteiger partial charge is 0.252 e. The van der Waals surface area contributed by atoms with Crippen LogP contribution in [-0.4, -0.2) is 46.5 Å². The third-order valence-corrected chi connectivity index (χ3v) is 2.62. The van der Waals surface area contributed by atoms with Gasteiger partial charge in [0.1, 0.15) is 6.61 Å². The molecule has 0 amide bonds. The van der Waals surface area contributed by atoms with Gasteiger partial charge in [-0.3, -0.25) is 4.90 Å². The standard InChI is InChI=1S/C10H17N3O3/c1-15-7-10-11-9(12-16-10)6-13-4-2-3-8(14)5-13/h8,14H,2-7H2,1H3. The Balaban J connectivity index is 1.87. The van der Waals surface area contributed by atoms with Crippen LogP contribution in [0.3, 0.4) is 0 Å². The summed E-state index contributed by atoms with van der Waals surface area (Å²) in [5, 5.41) is 13.4. The molecule has 1 aliphatic heterocycles. The lowest BCUT2D eigenvalue weighted by atomic mass is 10.1. The minimum Gasteiger partial charge on any atom is -0.392 e. The quantitative estimate of drug-likeness (QED) is 0.790. The molecule has 90 valence electrons. The summed E-state index contributed by atoms with van der Waals surface area (Å²) in [7, 11) is 1.59. The molecule has 0 aromatic carbocycles. The van der Waals surface area contributed by atoms with Crippen LogP contribution in [-0.2, 0) is 17.9 Å². The highest BCUT2D eigenvalue weighted by atomic mass is 16.5. The Labute approximate surface area is 94.2 Å². The molecule has 0 aliphatic carbocycles. The van der Waals surface area contributed by atoms with Crippen molar-refractivity contribution < 1.29 is 14.4 Å². The number of aliphatic hydroxyl groups is 1. The van der Waals surface area contributed by atoms with Gasteiger partial charge in [0, 0.05) is 13.7 Å². The van der Waals surface area contributed by atoms with Gasteiger partial charge in [-0.05, 0) is 19.4 Å². The van der Waals surface area contributed by atoms with E-state index in [1.54, 1.807) is 7.11 Å². The molecule has 0 radical (unpaired) electrons. The van der Waals surface area contributed by atoms with E-state index in [1.807, 2.05) is 0 Å². The van der Waals surface area contributed by atoms with Gasteiger partial charge in [0.15, 0.2) is 5.82 Å². The second-order valence-electron chi connectivity index (χ2n) is 4.07. The lowest BCUT2D eigenvalue weighted by molar-refractivity contribution is 0.0651. The van der Waals surface area contributed by atoms with Crippen LogP contribution in [0.15, 0.2) is 4.52 Å². The summed E-state index contributed by atoms with van der Waals surface area (Å²) in [5.74, 6) is 1.15. The fraction of sp³-hybridized carbons (Fsp3) is 0.800. The van der Waals surface area contributed by atoms with E-state index in [0.29, 0.717) is 31.4 Å². The zero-order valence-corrected chi connectivity index (χ0v) is 9.43. The van der Waals surface area contributed by atoms with Crippen molar-refractivity contribution in [3.05, 3.63) is 11.7 Å².